The van der Waals surface area contributed by atoms with Gasteiger partial charge in [0.1, 0.15) is 6.04 Å². The van der Waals surface area contributed by atoms with Crippen LogP contribution >= 0.6 is 0 Å². The number of benzene rings is 3. The predicted molar refractivity (Wildman–Crippen MR) is 199 cm³/mol. The Balaban J connectivity index is 1.41. The molecule has 0 N–H and O–H groups in total. The monoisotopic (exact) mass is 721 g/mol. The zero-order valence-electron chi connectivity index (χ0n) is 29.9. The zero-order valence-corrected chi connectivity index (χ0v) is 29.9. The lowest BCUT2D eigenvalue weighted by Gasteiger charge is -2.34. The molecule has 5 aromatic rings. The number of aromatic nitrogens is 2. The Bertz CT molecular complexity index is 1940. The first kappa shape index (κ1) is 38.4. The quantitative estimate of drug-likeness (QED) is 0.105. The summed E-state index contributed by atoms with van der Waals surface area (Å²) in [5, 5.41) is 0. The third-order valence-corrected chi connectivity index (χ3v) is 8.79. The number of carbonyl (C=O) groups is 2. The Morgan fingerprint density at radius 3 is 2.09 bits per heavy atom. The van der Waals surface area contributed by atoms with Gasteiger partial charge in [0.2, 0.25) is 17.7 Å². The second-order valence-corrected chi connectivity index (χ2v) is 12.7. The van der Waals surface area contributed by atoms with Gasteiger partial charge in [-0.2, -0.15) is 13.2 Å². The number of alkyl halides is 3. The minimum absolute atomic E-state index is 0.111. The summed E-state index contributed by atoms with van der Waals surface area (Å²) >= 11 is 0. The number of amides is 2. The molecule has 0 saturated carbocycles. The summed E-state index contributed by atoms with van der Waals surface area (Å²) in [7, 11) is 5.25. The van der Waals surface area contributed by atoms with E-state index in [0.29, 0.717) is 31.1 Å². The number of halogens is 3. The molecule has 0 fully saturated rings. The molecule has 2 aromatic heterocycles. The molecule has 8 nitrogen and oxygen atoms in total. The van der Waals surface area contributed by atoms with Crippen LogP contribution in [0.25, 0.3) is 17.3 Å². The summed E-state index contributed by atoms with van der Waals surface area (Å²) in [6.45, 7) is 1.68. The summed E-state index contributed by atoms with van der Waals surface area (Å²) in [5.74, 6) is -0.163. The van der Waals surface area contributed by atoms with Crippen LogP contribution in [-0.2, 0) is 35.3 Å². The van der Waals surface area contributed by atoms with Gasteiger partial charge in [-0.15, -0.1) is 0 Å². The molecule has 0 aliphatic rings. The van der Waals surface area contributed by atoms with Crippen LogP contribution in [0.5, 0.6) is 5.88 Å². The van der Waals surface area contributed by atoms with Crippen LogP contribution in [0.4, 0.5) is 13.2 Å². The number of methoxy groups -OCH3 is 1. The number of nitrogens with zero attached hydrogens (tertiary/aromatic N) is 5. The highest BCUT2D eigenvalue weighted by atomic mass is 19.4. The van der Waals surface area contributed by atoms with E-state index >= 15 is 0 Å². The molecule has 53 heavy (non-hydrogen) atoms. The molecule has 1 atom stereocenters. The van der Waals surface area contributed by atoms with Crippen LogP contribution in [0.3, 0.4) is 0 Å². The first-order valence-electron chi connectivity index (χ1n) is 17.1. The molecule has 5 rings (SSSR count). The summed E-state index contributed by atoms with van der Waals surface area (Å²) in [5.41, 5.74) is 4.01. The molecular weight excluding hydrogens is 679 g/mol. The number of ether oxygens (including phenoxy) is 1. The number of likely N-dealkylation sites (N-methyl/N-ethyl adjacent to an activating group) is 2. The van der Waals surface area contributed by atoms with E-state index in [0.717, 1.165) is 40.1 Å². The molecule has 0 aliphatic carbocycles. The molecule has 0 saturated heterocycles. The van der Waals surface area contributed by atoms with Gasteiger partial charge in [-0.25, -0.2) is 4.98 Å². The molecule has 0 spiro atoms. The van der Waals surface area contributed by atoms with Crippen molar-refractivity contribution in [3.05, 3.63) is 155 Å². The summed E-state index contributed by atoms with van der Waals surface area (Å²) < 4.78 is 44.7. The first-order valence-corrected chi connectivity index (χ1v) is 17.1. The molecule has 0 unspecified atom stereocenters. The van der Waals surface area contributed by atoms with Crippen LogP contribution in [0.15, 0.2) is 128 Å². The van der Waals surface area contributed by atoms with E-state index in [1.165, 1.54) is 29.2 Å². The minimum atomic E-state index is -4.47. The van der Waals surface area contributed by atoms with Crippen molar-refractivity contribution in [2.24, 2.45) is 0 Å². The van der Waals surface area contributed by atoms with E-state index in [1.807, 2.05) is 85.9 Å². The van der Waals surface area contributed by atoms with Crippen molar-refractivity contribution < 1.29 is 27.5 Å². The Morgan fingerprint density at radius 2 is 1.47 bits per heavy atom. The lowest BCUT2D eigenvalue weighted by Crippen LogP contribution is -2.51. The van der Waals surface area contributed by atoms with Crippen molar-refractivity contribution >= 4 is 17.9 Å². The molecule has 2 amide bonds. The summed E-state index contributed by atoms with van der Waals surface area (Å²) in [4.78, 5) is 42.5. The van der Waals surface area contributed by atoms with E-state index < -0.39 is 23.7 Å². The van der Waals surface area contributed by atoms with Gasteiger partial charge in [0.15, 0.2) is 0 Å². The fraction of sp³-hybridized carbons (Fsp3) is 0.238. The Kier molecular flexibility index (Phi) is 13.1. The zero-order chi connectivity index (χ0) is 37.8. The van der Waals surface area contributed by atoms with Crippen molar-refractivity contribution in [2.75, 3.05) is 34.3 Å². The second-order valence-electron chi connectivity index (χ2n) is 12.7. The van der Waals surface area contributed by atoms with Crippen molar-refractivity contribution in [3.63, 3.8) is 0 Å². The maximum atomic E-state index is 14.4. The molecule has 2 heterocycles. The van der Waals surface area contributed by atoms with E-state index in [9.17, 15) is 22.8 Å². The normalized spacial score (nSPS) is 12.1. The van der Waals surface area contributed by atoms with Crippen molar-refractivity contribution in [3.8, 4) is 17.1 Å². The second kappa shape index (κ2) is 18.1. The molecule has 274 valence electrons. The van der Waals surface area contributed by atoms with Gasteiger partial charge < -0.3 is 19.4 Å². The average molecular weight is 722 g/mol. The third-order valence-electron chi connectivity index (χ3n) is 8.79. The van der Waals surface area contributed by atoms with Gasteiger partial charge in [-0.1, -0.05) is 78.9 Å². The lowest BCUT2D eigenvalue weighted by atomic mass is 10.0. The Morgan fingerprint density at radius 1 is 0.774 bits per heavy atom. The summed E-state index contributed by atoms with van der Waals surface area (Å²) in [6, 6.07) is 30.2. The van der Waals surface area contributed by atoms with Crippen LogP contribution in [0.1, 0.15) is 27.8 Å². The maximum absolute atomic E-state index is 14.4. The Labute approximate surface area is 308 Å². The molecule has 0 aliphatic heterocycles. The highest BCUT2D eigenvalue weighted by molar-refractivity contribution is 5.95. The van der Waals surface area contributed by atoms with Crippen molar-refractivity contribution in [1.29, 1.82) is 0 Å². The van der Waals surface area contributed by atoms with Gasteiger partial charge >= 0.3 is 6.18 Å². The predicted octanol–water partition coefficient (Wildman–Crippen LogP) is 7.41. The number of pyridine rings is 2. The maximum Gasteiger partial charge on any atom is 0.416 e. The highest BCUT2D eigenvalue weighted by Crippen LogP contribution is 2.29. The molecule has 0 bridgehead atoms. The van der Waals surface area contributed by atoms with Gasteiger partial charge in [0.25, 0.3) is 0 Å². The SMILES string of the molecule is COc1ccc(CN(C)CCN(C)C(=O)[C@H](Cc2ccccc2)N(Cc2ccc(-c3ccccn3)cc2)C(=O)/C=C/c2ccc(C(F)(F)F)cc2)cn1. The van der Waals surface area contributed by atoms with Gasteiger partial charge in [-0.3, -0.25) is 14.6 Å². The molecule has 0 radical (unpaired) electrons. The summed E-state index contributed by atoms with van der Waals surface area (Å²) in [6.07, 6.45) is 2.04. The lowest BCUT2D eigenvalue weighted by molar-refractivity contribution is -0.143. The molecule has 11 heteroatoms. The van der Waals surface area contributed by atoms with Crippen LogP contribution in [-0.4, -0.2) is 76.8 Å². The fourth-order valence-corrected chi connectivity index (χ4v) is 5.77. The standard InChI is InChI=1S/C42H42F3N5O3/c1-48(29-34-16-22-39(53-3)47-28-34)25-26-49(2)41(52)38(27-32-9-5-4-6-10-32)50(30-33-12-18-35(19-13-33)37-11-7-8-24-46-37)40(51)23-17-31-14-20-36(21-15-31)42(43,44)45/h4-24,28,38H,25-27,29-30H2,1-3H3/b23-17+/t38-/m0/s1. The van der Waals surface area contributed by atoms with E-state index in [1.54, 1.807) is 37.5 Å². The smallest absolute Gasteiger partial charge is 0.416 e. The number of hydrogen-bond acceptors (Lipinski definition) is 6. The van der Waals surface area contributed by atoms with E-state index in [4.69, 9.17) is 4.74 Å². The largest absolute Gasteiger partial charge is 0.481 e. The van der Waals surface area contributed by atoms with Gasteiger partial charge in [0.05, 0.1) is 18.4 Å². The third kappa shape index (κ3) is 11.1. The van der Waals surface area contributed by atoms with Crippen LogP contribution in [0, 0.1) is 0 Å². The Hall–Kier alpha value is -5.81. The number of carbonyl (C=O) groups excluding carboxylic acids is 2. The molecular formula is C42H42F3N5O3. The fourth-order valence-electron chi connectivity index (χ4n) is 5.77. The minimum Gasteiger partial charge on any atom is -0.481 e. The first-order chi connectivity index (χ1) is 25.5. The van der Waals surface area contributed by atoms with E-state index in [2.05, 4.69) is 14.9 Å². The van der Waals surface area contributed by atoms with Gasteiger partial charge in [-0.05, 0) is 59.6 Å². The number of hydrogen-bond donors (Lipinski definition) is 0. The topological polar surface area (TPSA) is 78.9 Å². The average Bonchev–Trinajstić information content (AvgIpc) is 3.18. The highest BCUT2D eigenvalue weighted by Gasteiger charge is 2.32. The van der Waals surface area contributed by atoms with Gasteiger partial charge in [0, 0.05) is 69.7 Å². The van der Waals surface area contributed by atoms with Crippen molar-refractivity contribution in [1.82, 2.24) is 24.7 Å². The van der Waals surface area contributed by atoms with E-state index in [-0.39, 0.29) is 18.9 Å². The number of rotatable bonds is 15. The molecule has 3 aromatic carbocycles. The van der Waals surface area contributed by atoms with Crippen LogP contribution in [0.2, 0.25) is 0 Å². The van der Waals surface area contributed by atoms with Crippen LogP contribution < -0.4 is 4.74 Å². The van der Waals surface area contributed by atoms with Crippen molar-refractivity contribution in [2.45, 2.75) is 31.7 Å².